The summed E-state index contributed by atoms with van der Waals surface area (Å²) in [5, 5.41) is 12.1. The Balaban J connectivity index is 1.84. The van der Waals surface area contributed by atoms with Crippen LogP contribution in [0.4, 0.5) is 0 Å². The molecule has 3 aliphatic heterocycles. The minimum atomic E-state index is -4.19. The van der Waals surface area contributed by atoms with Gasteiger partial charge >= 0.3 is 0 Å². The van der Waals surface area contributed by atoms with E-state index in [1.54, 1.807) is 0 Å². The summed E-state index contributed by atoms with van der Waals surface area (Å²) in [6, 6.07) is 4.25. The van der Waals surface area contributed by atoms with Crippen LogP contribution in [-0.2, 0) is 29.7 Å². The molecule has 0 aliphatic carbocycles. The number of hydrogen-bond acceptors (Lipinski definition) is 8. The molecule has 1 aromatic carbocycles. The van der Waals surface area contributed by atoms with E-state index in [1.165, 1.54) is 24.3 Å². The standard InChI is InChI=1S/C15H17N3O6S3/c16-5-10-2-1-3-11(4-10)27(23,24)18-14-8-25(19,20)6-12(14)17-13-7-26(21,22)9-15(13)18/h1-4,12-15,17H,6-9H2/t12-,13+,14+,15-. The molecule has 0 radical (unpaired) electrons. The van der Waals surface area contributed by atoms with Crippen LogP contribution in [0.3, 0.4) is 0 Å². The van der Waals surface area contributed by atoms with Crippen molar-refractivity contribution in [1.82, 2.24) is 9.62 Å². The molecule has 0 unspecified atom stereocenters. The summed E-state index contributed by atoms with van der Waals surface area (Å²) >= 11 is 0. The van der Waals surface area contributed by atoms with Gasteiger partial charge in [-0.3, -0.25) is 0 Å². The molecular formula is C15H17N3O6S3. The van der Waals surface area contributed by atoms with Gasteiger partial charge in [0.2, 0.25) is 10.0 Å². The summed E-state index contributed by atoms with van der Waals surface area (Å²) in [7, 11) is -11.1. The molecule has 0 amide bonds. The monoisotopic (exact) mass is 431 g/mol. The molecule has 4 atom stereocenters. The van der Waals surface area contributed by atoms with Crippen LogP contribution >= 0.6 is 0 Å². The Labute approximate surface area is 157 Å². The Morgan fingerprint density at radius 2 is 1.56 bits per heavy atom. The smallest absolute Gasteiger partial charge is 0.243 e. The van der Waals surface area contributed by atoms with Crippen molar-refractivity contribution in [3.05, 3.63) is 29.8 Å². The molecule has 4 rings (SSSR count). The van der Waals surface area contributed by atoms with Gasteiger partial charge in [0, 0.05) is 12.1 Å². The summed E-state index contributed by atoms with van der Waals surface area (Å²) in [6.45, 7) is 0. The van der Waals surface area contributed by atoms with Gasteiger partial charge in [0.25, 0.3) is 0 Å². The van der Waals surface area contributed by atoms with Crippen LogP contribution in [0.2, 0.25) is 0 Å². The van der Waals surface area contributed by atoms with Crippen LogP contribution in [0, 0.1) is 11.3 Å². The fraction of sp³-hybridized carbons (Fsp3) is 0.533. The van der Waals surface area contributed by atoms with Crippen molar-refractivity contribution in [1.29, 1.82) is 5.26 Å². The number of rotatable bonds is 2. The highest BCUT2D eigenvalue weighted by molar-refractivity contribution is 7.92. The van der Waals surface area contributed by atoms with E-state index in [9.17, 15) is 25.3 Å². The van der Waals surface area contributed by atoms with Crippen LogP contribution < -0.4 is 5.32 Å². The number of piperazine rings is 1. The molecule has 9 nitrogen and oxygen atoms in total. The van der Waals surface area contributed by atoms with Crippen LogP contribution in [0.15, 0.2) is 29.2 Å². The van der Waals surface area contributed by atoms with E-state index in [0.29, 0.717) is 0 Å². The predicted octanol–water partition coefficient (Wildman–Crippen LogP) is -1.52. The first kappa shape index (κ1) is 18.8. The number of sulfonamides is 1. The third kappa shape index (κ3) is 3.17. The lowest BCUT2D eigenvalue weighted by molar-refractivity contribution is 0.160. The lowest BCUT2D eigenvalue weighted by atomic mass is 10.0. The fourth-order valence-corrected chi connectivity index (χ4v) is 10.1. The number of nitrogens with zero attached hydrogens (tertiary/aromatic N) is 2. The van der Waals surface area contributed by atoms with Gasteiger partial charge in [-0.15, -0.1) is 0 Å². The third-order valence-corrected chi connectivity index (χ3v) is 10.6. The number of benzene rings is 1. The van der Waals surface area contributed by atoms with Gasteiger partial charge in [0.1, 0.15) is 0 Å². The van der Waals surface area contributed by atoms with Gasteiger partial charge in [-0.05, 0) is 18.2 Å². The van der Waals surface area contributed by atoms with Crippen LogP contribution in [0.25, 0.3) is 0 Å². The second-order valence-corrected chi connectivity index (χ2v) is 13.3. The highest BCUT2D eigenvalue weighted by Crippen LogP contribution is 2.36. The maximum atomic E-state index is 13.4. The Bertz CT molecular complexity index is 1110. The number of sulfone groups is 2. The number of fused-ring (bicyclic) bond motifs is 2. The molecule has 0 spiro atoms. The number of nitrogens with one attached hydrogen (secondary N) is 1. The highest BCUT2D eigenvalue weighted by atomic mass is 32.2. The highest BCUT2D eigenvalue weighted by Gasteiger charge is 2.57. The van der Waals surface area contributed by atoms with Gasteiger partial charge in [-0.2, -0.15) is 9.57 Å². The molecule has 0 saturated carbocycles. The van der Waals surface area contributed by atoms with E-state index in [2.05, 4.69) is 5.32 Å². The molecular weight excluding hydrogens is 414 g/mol. The second-order valence-electron chi connectivity index (χ2n) is 7.14. The van der Waals surface area contributed by atoms with E-state index in [4.69, 9.17) is 5.26 Å². The first-order valence-electron chi connectivity index (χ1n) is 8.23. The normalized spacial score (nSPS) is 34.5. The van der Waals surface area contributed by atoms with Crippen molar-refractivity contribution in [2.75, 3.05) is 23.0 Å². The van der Waals surface area contributed by atoms with Crippen LogP contribution in [0.1, 0.15) is 5.56 Å². The zero-order chi connectivity index (χ0) is 19.6. The second kappa shape index (κ2) is 5.99. The van der Waals surface area contributed by atoms with E-state index < -0.39 is 53.9 Å². The minimum Gasteiger partial charge on any atom is -0.306 e. The predicted molar refractivity (Wildman–Crippen MR) is 95.8 cm³/mol. The van der Waals surface area contributed by atoms with E-state index in [1.807, 2.05) is 6.07 Å². The molecule has 0 bridgehead atoms. The van der Waals surface area contributed by atoms with E-state index >= 15 is 0 Å². The molecule has 0 aromatic heterocycles. The maximum Gasteiger partial charge on any atom is 0.243 e. The summed E-state index contributed by atoms with van der Waals surface area (Å²) in [4.78, 5) is -0.144. The van der Waals surface area contributed by atoms with Gasteiger partial charge in [-0.25, -0.2) is 25.3 Å². The Hall–Kier alpha value is -1.52. The van der Waals surface area contributed by atoms with Crippen LogP contribution in [-0.4, -0.2) is 76.7 Å². The topological polar surface area (TPSA) is 141 Å². The van der Waals surface area contributed by atoms with Crippen molar-refractivity contribution in [3.8, 4) is 6.07 Å². The van der Waals surface area contributed by atoms with Crippen molar-refractivity contribution >= 4 is 29.7 Å². The number of hydrogen-bond donors (Lipinski definition) is 1. The average molecular weight is 432 g/mol. The molecule has 1 aromatic rings. The van der Waals surface area contributed by atoms with Gasteiger partial charge in [0.05, 0.1) is 51.6 Å². The van der Waals surface area contributed by atoms with Crippen molar-refractivity contribution in [3.63, 3.8) is 0 Å². The molecule has 1 N–H and O–H groups in total. The molecule has 146 valence electrons. The number of nitriles is 1. The average Bonchev–Trinajstić information content (AvgIpc) is 3.04. The quantitative estimate of drug-likeness (QED) is 0.595. The first-order valence-corrected chi connectivity index (χ1v) is 13.3. The van der Waals surface area contributed by atoms with Crippen molar-refractivity contribution in [2.24, 2.45) is 0 Å². The van der Waals surface area contributed by atoms with E-state index in [-0.39, 0.29) is 33.5 Å². The minimum absolute atomic E-state index is 0.144. The summed E-state index contributed by atoms with van der Waals surface area (Å²) in [5.41, 5.74) is 0.150. The zero-order valence-corrected chi connectivity index (χ0v) is 16.5. The van der Waals surface area contributed by atoms with Gasteiger partial charge in [-0.1, -0.05) is 6.07 Å². The van der Waals surface area contributed by atoms with Crippen LogP contribution in [0.5, 0.6) is 0 Å². The van der Waals surface area contributed by atoms with E-state index in [0.717, 1.165) is 4.31 Å². The van der Waals surface area contributed by atoms with Gasteiger partial charge in [0.15, 0.2) is 19.7 Å². The summed E-state index contributed by atoms with van der Waals surface area (Å²) in [5.74, 6) is -1.17. The maximum absolute atomic E-state index is 13.4. The fourth-order valence-electron chi connectivity index (χ4n) is 4.20. The first-order chi connectivity index (χ1) is 12.5. The van der Waals surface area contributed by atoms with Gasteiger partial charge < -0.3 is 5.32 Å². The Morgan fingerprint density at radius 3 is 2.07 bits per heavy atom. The summed E-state index contributed by atoms with van der Waals surface area (Å²) in [6.07, 6.45) is 0. The Morgan fingerprint density at radius 1 is 1.00 bits per heavy atom. The SMILES string of the molecule is N#Cc1cccc(S(=O)(=O)N2[C@@H]3CS(=O)(=O)C[C@@H]3N[C@@H]3CS(=O)(=O)C[C@@H]32)c1. The molecule has 3 heterocycles. The lowest BCUT2D eigenvalue weighted by Crippen LogP contribution is -2.67. The molecule has 3 saturated heterocycles. The lowest BCUT2D eigenvalue weighted by Gasteiger charge is -2.43. The Kier molecular flexibility index (Phi) is 4.17. The third-order valence-electron chi connectivity index (χ3n) is 5.27. The molecule has 27 heavy (non-hydrogen) atoms. The largest absolute Gasteiger partial charge is 0.306 e. The molecule has 3 fully saturated rings. The molecule has 3 aliphatic rings. The zero-order valence-electron chi connectivity index (χ0n) is 14.0. The summed E-state index contributed by atoms with van der Waals surface area (Å²) < 4.78 is 76.3. The van der Waals surface area contributed by atoms with Crippen molar-refractivity contribution < 1.29 is 25.3 Å². The van der Waals surface area contributed by atoms with Crippen molar-refractivity contribution in [2.45, 2.75) is 29.1 Å². The molecule has 12 heteroatoms.